The Morgan fingerprint density at radius 1 is 1.60 bits per heavy atom. The first-order chi connectivity index (χ1) is 7.13. The number of hydrogen-bond acceptors (Lipinski definition) is 3. The summed E-state index contributed by atoms with van der Waals surface area (Å²) < 4.78 is 1.84. The van der Waals surface area contributed by atoms with Gasteiger partial charge in [0.15, 0.2) is 0 Å². The van der Waals surface area contributed by atoms with Crippen molar-refractivity contribution >= 4 is 0 Å². The zero-order valence-corrected chi connectivity index (χ0v) is 9.82. The zero-order valence-electron chi connectivity index (χ0n) is 9.82. The van der Waals surface area contributed by atoms with Crippen LogP contribution in [0.15, 0.2) is 6.20 Å². The summed E-state index contributed by atoms with van der Waals surface area (Å²) in [5.74, 6) is 0. The molecule has 1 aromatic rings. The van der Waals surface area contributed by atoms with E-state index in [0.29, 0.717) is 6.04 Å². The van der Waals surface area contributed by atoms with Gasteiger partial charge in [0.2, 0.25) is 0 Å². The summed E-state index contributed by atoms with van der Waals surface area (Å²) >= 11 is 0. The quantitative estimate of drug-likeness (QED) is 0.737. The summed E-state index contributed by atoms with van der Waals surface area (Å²) in [5.41, 5.74) is 2.33. The first-order valence-electron chi connectivity index (χ1n) is 5.47. The molecule has 0 aliphatic heterocycles. The minimum absolute atomic E-state index is 0.276. The second-order valence-corrected chi connectivity index (χ2v) is 4.06. The summed E-state index contributed by atoms with van der Waals surface area (Å²) in [5, 5.41) is 16.4. The molecule has 0 bridgehead atoms. The van der Waals surface area contributed by atoms with Crippen LogP contribution in [0, 0.1) is 6.92 Å². The topological polar surface area (TPSA) is 50.1 Å². The van der Waals surface area contributed by atoms with Crippen molar-refractivity contribution in [1.82, 2.24) is 15.1 Å². The highest BCUT2D eigenvalue weighted by atomic mass is 16.2. The fourth-order valence-corrected chi connectivity index (χ4v) is 1.61. The lowest BCUT2D eigenvalue weighted by atomic mass is 10.2. The Bertz CT molecular complexity index is 296. The van der Waals surface area contributed by atoms with Crippen LogP contribution in [0.3, 0.4) is 0 Å². The van der Waals surface area contributed by atoms with Crippen molar-refractivity contribution in [2.24, 2.45) is 7.05 Å². The van der Waals surface area contributed by atoms with Gasteiger partial charge < -0.3 is 10.4 Å². The molecule has 15 heavy (non-hydrogen) atoms. The predicted molar refractivity (Wildman–Crippen MR) is 60.6 cm³/mol. The molecular formula is C11H21N3O. The van der Waals surface area contributed by atoms with Gasteiger partial charge in [-0.15, -0.1) is 0 Å². The summed E-state index contributed by atoms with van der Waals surface area (Å²) in [6.07, 6.45) is 3.91. The Balaban J connectivity index is 2.33. The third-order valence-corrected chi connectivity index (χ3v) is 2.55. The average Bonchev–Trinajstić information content (AvgIpc) is 2.51. The molecule has 1 atom stereocenters. The van der Waals surface area contributed by atoms with Gasteiger partial charge in [-0.3, -0.25) is 4.68 Å². The van der Waals surface area contributed by atoms with Crippen molar-refractivity contribution in [2.75, 3.05) is 6.61 Å². The highest BCUT2D eigenvalue weighted by Crippen LogP contribution is 2.05. The molecule has 0 aliphatic carbocycles. The van der Waals surface area contributed by atoms with Crippen molar-refractivity contribution < 1.29 is 5.11 Å². The largest absolute Gasteiger partial charge is 0.396 e. The van der Waals surface area contributed by atoms with Crippen molar-refractivity contribution in [3.63, 3.8) is 0 Å². The molecule has 0 saturated carbocycles. The van der Waals surface area contributed by atoms with E-state index in [-0.39, 0.29) is 6.61 Å². The Morgan fingerprint density at radius 2 is 2.33 bits per heavy atom. The molecule has 86 valence electrons. The summed E-state index contributed by atoms with van der Waals surface area (Å²) in [6, 6.07) is 0.441. The third-order valence-electron chi connectivity index (χ3n) is 2.55. The fraction of sp³-hybridized carbons (Fsp3) is 0.727. The molecule has 0 aliphatic rings. The Labute approximate surface area is 91.3 Å². The lowest BCUT2D eigenvalue weighted by Crippen LogP contribution is -2.25. The van der Waals surface area contributed by atoms with Gasteiger partial charge in [-0.25, -0.2) is 0 Å². The van der Waals surface area contributed by atoms with Crippen molar-refractivity contribution in [1.29, 1.82) is 0 Å². The first kappa shape index (κ1) is 12.2. The van der Waals surface area contributed by atoms with Gasteiger partial charge in [0.25, 0.3) is 0 Å². The minimum atomic E-state index is 0.276. The van der Waals surface area contributed by atoms with Crippen LogP contribution >= 0.6 is 0 Å². The first-order valence-corrected chi connectivity index (χ1v) is 5.47. The molecular weight excluding hydrogens is 190 g/mol. The maximum Gasteiger partial charge on any atom is 0.0638 e. The molecule has 1 unspecified atom stereocenters. The Morgan fingerprint density at radius 3 is 2.87 bits per heavy atom. The van der Waals surface area contributed by atoms with E-state index in [2.05, 4.69) is 17.3 Å². The summed E-state index contributed by atoms with van der Waals surface area (Å²) in [7, 11) is 1.94. The highest BCUT2D eigenvalue weighted by molar-refractivity contribution is 5.14. The Hall–Kier alpha value is -0.870. The second-order valence-electron chi connectivity index (χ2n) is 4.06. The van der Waals surface area contributed by atoms with E-state index in [1.54, 1.807) is 0 Å². The Kier molecular flexibility index (Phi) is 4.78. The molecule has 0 aromatic carbocycles. The molecule has 1 rings (SSSR count). The van der Waals surface area contributed by atoms with Crippen molar-refractivity contribution in [3.05, 3.63) is 17.5 Å². The number of aliphatic hydroxyl groups excluding tert-OH is 1. The van der Waals surface area contributed by atoms with Crippen LogP contribution in [-0.2, 0) is 13.6 Å². The van der Waals surface area contributed by atoms with Gasteiger partial charge in [-0.1, -0.05) is 0 Å². The van der Waals surface area contributed by atoms with Crippen molar-refractivity contribution in [3.8, 4) is 0 Å². The van der Waals surface area contributed by atoms with Gasteiger partial charge in [0, 0.05) is 38.0 Å². The van der Waals surface area contributed by atoms with Crippen LogP contribution < -0.4 is 5.32 Å². The van der Waals surface area contributed by atoms with E-state index in [1.807, 2.05) is 24.9 Å². The maximum absolute atomic E-state index is 8.71. The molecule has 0 amide bonds. The van der Waals surface area contributed by atoms with Crippen LogP contribution in [0.25, 0.3) is 0 Å². The van der Waals surface area contributed by atoms with Crippen molar-refractivity contribution in [2.45, 2.75) is 39.3 Å². The molecule has 1 aromatic heterocycles. The summed E-state index contributed by atoms with van der Waals surface area (Å²) in [4.78, 5) is 0. The molecule has 1 heterocycles. The molecule has 0 radical (unpaired) electrons. The smallest absolute Gasteiger partial charge is 0.0638 e. The standard InChI is InChI=1S/C11H21N3O/c1-9(5-4-6-15)12-7-11-8-14(3)13-10(11)2/h8-9,12,15H,4-7H2,1-3H3. The van der Waals surface area contributed by atoms with Gasteiger partial charge in [-0.2, -0.15) is 5.10 Å². The van der Waals surface area contributed by atoms with E-state index >= 15 is 0 Å². The van der Waals surface area contributed by atoms with Crippen LogP contribution in [0.5, 0.6) is 0 Å². The molecule has 4 heteroatoms. The van der Waals surface area contributed by atoms with Crippen LogP contribution in [0.2, 0.25) is 0 Å². The van der Waals surface area contributed by atoms with E-state index in [9.17, 15) is 0 Å². The number of rotatable bonds is 6. The number of nitrogens with one attached hydrogen (secondary N) is 1. The molecule has 2 N–H and O–H groups in total. The predicted octanol–water partition coefficient (Wildman–Crippen LogP) is 0.979. The van der Waals surface area contributed by atoms with Gasteiger partial charge in [0.1, 0.15) is 0 Å². The number of nitrogens with zero attached hydrogens (tertiary/aromatic N) is 2. The number of aryl methyl sites for hydroxylation is 2. The minimum Gasteiger partial charge on any atom is -0.396 e. The van der Waals surface area contributed by atoms with Gasteiger partial charge in [0.05, 0.1) is 5.69 Å². The van der Waals surface area contributed by atoms with Crippen LogP contribution in [0.1, 0.15) is 31.0 Å². The van der Waals surface area contributed by atoms with Crippen LogP contribution in [-0.4, -0.2) is 27.5 Å². The SMILES string of the molecule is Cc1nn(C)cc1CNC(C)CCCO. The van der Waals surface area contributed by atoms with Gasteiger partial charge in [-0.05, 0) is 26.7 Å². The van der Waals surface area contributed by atoms with Crippen LogP contribution in [0.4, 0.5) is 0 Å². The molecule has 0 saturated heterocycles. The third kappa shape index (κ3) is 4.01. The second kappa shape index (κ2) is 5.88. The lowest BCUT2D eigenvalue weighted by molar-refractivity contribution is 0.276. The van der Waals surface area contributed by atoms with E-state index < -0.39 is 0 Å². The fourth-order valence-electron chi connectivity index (χ4n) is 1.61. The highest BCUT2D eigenvalue weighted by Gasteiger charge is 2.05. The lowest BCUT2D eigenvalue weighted by Gasteiger charge is -2.12. The van der Waals surface area contributed by atoms with E-state index in [1.165, 1.54) is 5.56 Å². The van der Waals surface area contributed by atoms with E-state index in [0.717, 1.165) is 25.1 Å². The average molecular weight is 211 g/mol. The zero-order chi connectivity index (χ0) is 11.3. The monoisotopic (exact) mass is 211 g/mol. The van der Waals surface area contributed by atoms with E-state index in [4.69, 9.17) is 5.11 Å². The number of aliphatic hydroxyl groups is 1. The maximum atomic E-state index is 8.71. The number of aromatic nitrogens is 2. The molecule has 0 spiro atoms. The summed E-state index contributed by atoms with van der Waals surface area (Å²) in [6.45, 7) is 5.29. The molecule has 4 nitrogen and oxygen atoms in total. The number of hydrogen-bond donors (Lipinski definition) is 2. The molecule has 0 fully saturated rings. The normalized spacial score (nSPS) is 13.1. The van der Waals surface area contributed by atoms with Gasteiger partial charge >= 0.3 is 0 Å².